The predicted octanol–water partition coefficient (Wildman–Crippen LogP) is -0.567. The number of anilines is 2. The Morgan fingerprint density at radius 2 is 0.867 bits per heavy atom. The van der Waals surface area contributed by atoms with Crippen LogP contribution in [0.1, 0.15) is 47.2 Å². The van der Waals surface area contributed by atoms with Gasteiger partial charge in [0.05, 0.1) is 0 Å². The molecule has 2 atom stereocenters. The number of aryl methyl sites for hydroxylation is 6. The van der Waals surface area contributed by atoms with Crippen LogP contribution < -0.4 is 40.8 Å². The summed E-state index contributed by atoms with van der Waals surface area (Å²) >= 11 is 0. The molecule has 1 radical (unpaired) electrons. The molecule has 2 unspecified atom stereocenters. The quantitative estimate of drug-likeness (QED) is 0.458. The van der Waals surface area contributed by atoms with Gasteiger partial charge < -0.3 is 40.8 Å². The summed E-state index contributed by atoms with van der Waals surface area (Å²) in [4.78, 5) is 0. The first kappa shape index (κ1) is 31.3. The van der Waals surface area contributed by atoms with E-state index < -0.39 is 0 Å². The van der Waals surface area contributed by atoms with E-state index in [2.05, 4.69) is 95.6 Å². The zero-order chi connectivity index (χ0) is 20.1. The second kappa shape index (κ2) is 14.2. The van der Waals surface area contributed by atoms with E-state index in [-0.39, 0.29) is 41.6 Å². The van der Waals surface area contributed by atoms with Crippen molar-refractivity contribution in [2.45, 2.75) is 67.5 Å². The third-order valence-electron chi connectivity index (χ3n) is 5.04. The van der Waals surface area contributed by atoms with Crippen molar-refractivity contribution in [3.63, 3.8) is 0 Å². The van der Waals surface area contributed by atoms with Gasteiger partial charge in [-0.2, -0.15) is 0 Å². The minimum atomic E-state index is 0. The van der Waals surface area contributed by atoms with Gasteiger partial charge in [-0.05, 0) is 77.6 Å². The monoisotopic (exact) mass is 496 g/mol. The smallest absolute Gasteiger partial charge is 1.00 e. The zero-order valence-electron chi connectivity index (χ0n) is 19.5. The fourth-order valence-electron chi connectivity index (χ4n) is 3.93. The van der Waals surface area contributed by atoms with Gasteiger partial charge in [0, 0.05) is 36.5 Å². The minimum Gasteiger partial charge on any atom is -1.00 e. The number of hydrogen-bond acceptors (Lipinski definition) is 3. The third-order valence-corrected chi connectivity index (χ3v) is 5.04. The van der Waals surface area contributed by atoms with Crippen LogP contribution in [0, 0.1) is 41.5 Å². The van der Waals surface area contributed by atoms with Crippen molar-refractivity contribution in [2.75, 3.05) is 23.7 Å². The second-order valence-corrected chi connectivity index (χ2v) is 8.30. The van der Waals surface area contributed by atoms with Gasteiger partial charge in [0.1, 0.15) is 0 Å². The molecule has 0 aliphatic rings. The number of rotatable bonds is 8. The van der Waals surface area contributed by atoms with Gasteiger partial charge >= 0.3 is 16.8 Å². The van der Waals surface area contributed by atoms with Crippen LogP contribution in [-0.4, -0.2) is 25.2 Å². The minimum absolute atomic E-state index is 0. The first-order chi connectivity index (χ1) is 12.7. The van der Waals surface area contributed by atoms with E-state index in [1.54, 1.807) is 0 Å². The Kier molecular flexibility index (Phi) is 14.8. The van der Waals surface area contributed by atoms with Crippen LogP contribution in [0.25, 0.3) is 0 Å². The van der Waals surface area contributed by atoms with Gasteiger partial charge in [-0.1, -0.05) is 35.4 Å². The standard InChI is InChI=1S/C24H37N3.2ClH.Co/c1-15-9-17(3)23(18(4)10-15)26-21(7)13-25-14-22(8)27-24-19(5)11-16(2)12-20(24)6;;;/h9-12,21-22,25-27H,13-14H2,1-8H3;2*1H;/q;;;+2/p-2. The average molecular weight is 497 g/mol. The fourth-order valence-corrected chi connectivity index (χ4v) is 3.93. The van der Waals surface area contributed by atoms with Crippen molar-refractivity contribution in [3.05, 3.63) is 57.6 Å². The normalized spacial score (nSPS) is 12.0. The molecule has 0 saturated heterocycles. The Morgan fingerprint density at radius 1 is 0.600 bits per heavy atom. The van der Waals surface area contributed by atoms with E-state index in [1.807, 2.05) is 0 Å². The first-order valence-electron chi connectivity index (χ1n) is 10.1. The molecule has 0 aliphatic carbocycles. The van der Waals surface area contributed by atoms with Crippen LogP contribution in [-0.2, 0) is 16.8 Å². The molecule has 2 aromatic carbocycles. The SMILES string of the molecule is Cc1cc(C)c(NC(C)CNCC(C)Nc2c(C)cc(C)cc2C)c(C)c1.[Cl-].[Cl-].[Co+2]. The topological polar surface area (TPSA) is 36.1 Å². The number of benzene rings is 2. The van der Waals surface area contributed by atoms with Crippen molar-refractivity contribution in [3.8, 4) is 0 Å². The Balaban J connectivity index is 0. The Bertz CT molecular complexity index is 685. The average Bonchev–Trinajstić information content (AvgIpc) is 2.54. The van der Waals surface area contributed by atoms with E-state index in [4.69, 9.17) is 0 Å². The van der Waals surface area contributed by atoms with Gasteiger partial charge in [-0.3, -0.25) is 0 Å². The summed E-state index contributed by atoms with van der Waals surface area (Å²) in [6.07, 6.45) is 0. The molecule has 3 nitrogen and oxygen atoms in total. The molecular formula is C24H37Cl2CoN3. The van der Waals surface area contributed by atoms with Gasteiger partial charge in [-0.15, -0.1) is 0 Å². The van der Waals surface area contributed by atoms with E-state index in [1.165, 1.54) is 44.8 Å². The van der Waals surface area contributed by atoms with E-state index >= 15 is 0 Å². The molecule has 2 rings (SSSR count). The maximum absolute atomic E-state index is 3.67. The van der Waals surface area contributed by atoms with Crippen LogP contribution in [0.2, 0.25) is 0 Å². The maximum Gasteiger partial charge on any atom is 2.00 e. The van der Waals surface area contributed by atoms with Crippen LogP contribution in [0.15, 0.2) is 24.3 Å². The predicted molar refractivity (Wildman–Crippen MR) is 120 cm³/mol. The summed E-state index contributed by atoms with van der Waals surface area (Å²) in [6, 6.07) is 9.73. The van der Waals surface area contributed by atoms with E-state index in [0.717, 1.165) is 13.1 Å². The molecule has 0 amide bonds. The van der Waals surface area contributed by atoms with Crippen LogP contribution in [0.5, 0.6) is 0 Å². The maximum atomic E-state index is 3.67. The van der Waals surface area contributed by atoms with Crippen molar-refractivity contribution in [1.82, 2.24) is 5.32 Å². The number of nitrogens with one attached hydrogen (secondary N) is 3. The summed E-state index contributed by atoms with van der Waals surface area (Å²) in [5.74, 6) is 0. The van der Waals surface area contributed by atoms with E-state index in [0.29, 0.717) is 12.1 Å². The molecule has 2 aromatic rings. The Labute approximate surface area is 206 Å². The second-order valence-electron chi connectivity index (χ2n) is 8.30. The van der Waals surface area contributed by atoms with Gasteiger partial charge in [0.25, 0.3) is 0 Å². The Hall–Kier alpha value is -0.914. The van der Waals surface area contributed by atoms with Crippen molar-refractivity contribution in [1.29, 1.82) is 0 Å². The van der Waals surface area contributed by atoms with Crippen molar-refractivity contribution in [2.24, 2.45) is 0 Å². The summed E-state index contributed by atoms with van der Waals surface area (Å²) in [7, 11) is 0. The van der Waals surface area contributed by atoms with Gasteiger partial charge in [0.2, 0.25) is 0 Å². The summed E-state index contributed by atoms with van der Waals surface area (Å²) in [5, 5.41) is 10.9. The molecule has 0 aliphatic heterocycles. The van der Waals surface area contributed by atoms with E-state index in [9.17, 15) is 0 Å². The van der Waals surface area contributed by atoms with Gasteiger partial charge in [0.15, 0.2) is 0 Å². The molecular weight excluding hydrogens is 460 g/mol. The summed E-state index contributed by atoms with van der Waals surface area (Å²) < 4.78 is 0. The molecule has 171 valence electrons. The molecule has 30 heavy (non-hydrogen) atoms. The molecule has 0 aromatic heterocycles. The molecule has 6 heteroatoms. The van der Waals surface area contributed by atoms with Crippen LogP contribution in [0.3, 0.4) is 0 Å². The van der Waals surface area contributed by atoms with Crippen molar-refractivity contribution < 1.29 is 41.6 Å². The fraction of sp³-hybridized carbons (Fsp3) is 0.500. The molecule has 0 spiro atoms. The number of halogens is 2. The Morgan fingerprint density at radius 3 is 1.13 bits per heavy atom. The van der Waals surface area contributed by atoms with Crippen molar-refractivity contribution >= 4 is 11.4 Å². The molecule has 0 fully saturated rings. The van der Waals surface area contributed by atoms with Crippen LogP contribution >= 0.6 is 0 Å². The molecule has 0 saturated carbocycles. The largest absolute Gasteiger partial charge is 2.00 e. The molecule has 3 N–H and O–H groups in total. The zero-order valence-corrected chi connectivity index (χ0v) is 22.0. The number of hydrogen-bond donors (Lipinski definition) is 3. The van der Waals surface area contributed by atoms with Gasteiger partial charge in [-0.25, -0.2) is 0 Å². The third kappa shape index (κ3) is 9.07. The molecule has 0 bridgehead atoms. The first-order valence-corrected chi connectivity index (χ1v) is 10.1. The summed E-state index contributed by atoms with van der Waals surface area (Å²) in [5.41, 5.74) is 10.5. The van der Waals surface area contributed by atoms with Crippen LogP contribution in [0.4, 0.5) is 11.4 Å². The molecule has 0 heterocycles. The summed E-state index contributed by atoms with van der Waals surface area (Å²) in [6.45, 7) is 19.4.